The van der Waals surface area contributed by atoms with E-state index in [0.717, 1.165) is 11.1 Å². The smallest absolute Gasteiger partial charge is 0.300 e. The molecule has 1 unspecified atom stereocenters. The van der Waals surface area contributed by atoms with E-state index in [2.05, 4.69) is 4.98 Å². The molecule has 6 heteroatoms. The van der Waals surface area contributed by atoms with Gasteiger partial charge in [-0.05, 0) is 43.7 Å². The van der Waals surface area contributed by atoms with Crippen molar-refractivity contribution in [2.75, 3.05) is 11.5 Å². The molecule has 1 saturated heterocycles. The highest BCUT2D eigenvalue weighted by Gasteiger charge is 2.47. The molecular formula is C25H22N2O4. The highest BCUT2D eigenvalue weighted by atomic mass is 16.5. The van der Waals surface area contributed by atoms with Crippen molar-refractivity contribution in [3.05, 3.63) is 95.3 Å². The number of aryl methyl sites for hydroxylation is 1. The molecule has 1 atom stereocenters. The minimum Gasteiger partial charge on any atom is -0.507 e. The fraction of sp³-hybridized carbons (Fsp3) is 0.160. The van der Waals surface area contributed by atoms with E-state index < -0.39 is 17.7 Å². The van der Waals surface area contributed by atoms with Crippen molar-refractivity contribution in [2.24, 2.45) is 0 Å². The highest BCUT2D eigenvalue weighted by Crippen LogP contribution is 2.42. The maximum Gasteiger partial charge on any atom is 0.300 e. The molecule has 4 rings (SSSR count). The van der Waals surface area contributed by atoms with Gasteiger partial charge >= 0.3 is 0 Å². The van der Waals surface area contributed by atoms with Crippen LogP contribution in [0, 0.1) is 6.92 Å². The number of rotatable bonds is 5. The lowest BCUT2D eigenvalue weighted by Gasteiger charge is -2.26. The first kappa shape index (κ1) is 20.3. The summed E-state index contributed by atoms with van der Waals surface area (Å²) < 4.78 is 5.58. The lowest BCUT2D eigenvalue weighted by Crippen LogP contribution is -2.29. The summed E-state index contributed by atoms with van der Waals surface area (Å²) in [7, 11) is 0. The number of hydrogen-bond donors (Lipinski definition) is 1. The zero-order valence-electron chi connectivity index (χ0n) is 17.3. The summed E-state index contributed by atoms with van der Waals surface area (Å²) in [5.74, 6) is -1.06. The molecule has 3 aromatic rings. The van der Waals surface area contributed by atoms with Crippen LogP contribution in [0.3, 0.4) is 0 Å². The van der Waals surface area contributed by atoms with E-state index in [-0.39, 0.29) is 11.3 Å². The highest BCUT2D eigenvalue weighted by molar-refractivity contribution is 6.51. The largest absolute Gasteiger partial charge is 0.507 e. The van der Waals surface area contributed by atoms with E-state index >= 15 is 0 Å². The van der Waals surface area contributed by atoms with E-state index in [1.165, 1.54) is 17.3 Å². The molecule has 31 heavy (non-hydrogen) atoms. The van der Waals surface area contributed by atoms with Crippen molar-refractivity contribution >= 4 is 23.1 Å². The average Bonchev–Trinajstić information content (AvgIpc) is 3.05. The number of Topliss-reactive ketones (excluding diaryl/α,β-unsaturated/α-hetero) is 1. The number of carbonyl (C=O) groups excluding carboxylic acids is 2. The third kappa shape index (κ3) is 3.80. The van der Waals surface area contributed by atoms with Gasteiger partial charge in [0.1, 0.15) is 11.5 Å². The Morgan fingerprint density at radius 3 is 2.52 bits per heavy atom. The third-order valence-corrected chi connectivity index (χ3v) is 5.16. The van der Waals surface area contributed by atoms with Crippen LogP contribution in [0.5, 0.6) is 5.75 Å². The second kappa shape index (κ2) is 8.44. The number of ketones is 1. The topological polar surface area (TPSA) is 79.7 Å². The number of pyridine rings is 1. The lowest BCUT2D eigenvalue weighted by molar-refractivity contribution is -0.132. The van der Waals surface area contributed by atoms with Crippen LogP contribution in [0.1, 0.15) is 29.7 Å². The number of anilines is 1. The molecule has 1 fully saturated rings. The molecule has 1 amide bonds. The van der Waals surface area contributed by atoms with Gasteiger partial charge in [-0.3, -0.25) is 19.5 Å². The summed E-state index contributed by atoms with van der Waals surface area (Å²) >= 11 is 0. The van der Waals surface area contributed by atoms with Crippen LogP contribution in [-0.2, 0) is 9.59 Å². The van der Waals surface area contributed by atoms with Gasteiger partial charge < -0.3 is 9.84 Å². The number of benzene rings is 2. The minimum absolute atomic E-state index is 0.0450. The molecule has 0 radical (unpaired) electrons. The molecule has 2 heterocycles. The maximum atomic E-state index is 13.2. The SMILES string of the molecule is CCOc1cccc(N2C(=O)C(=O)/C(=C(/O)c3ccncc3)C2c2cccc(C)c2)c1. The van der Waals surface area contributed by atoms with Gasteiger partial charge in [0.05, 0.1) is 18.2 Å². The Labute approximate surface area is 180 Å². The van der Waals surface area contributed by atoms with Crippen LogP contribution < -0.4 is 9.64 Å². The number of nitrogens with zero attached hydrogens (tertiary/aromatic N) is 2. The van der Waals surface area contributed by atoms with Crippen LogP contribution in [0.25, 0.3) is 5.76 Å². The van der Waals surface area contributed by atoms with Crippen LogP contribution in [0.4, 0.5) is 5.69 Å². The van der Waals surface area contributed by atoms with Crippen LogP contribution in [0.2, 0.25) is 0 Å². The normalized spacial score (nSPS) is 17.7. The molecule has 1 aliphatic rings. The molecule has 0 bridgehead atoms. The summed E-state index contributed by atoms with van der Waals surface area (Å²) in [4.78, 5) is 31.7. The standard InChI is InChI=1S/C25H22N2O4/c1-3-31-20-9-5-8-19(15-20)27-22(18-7-4-6-16(2)14-18)21(24(29)25(27)30)23(28)17-10-12-26-13-11-17/h4-15,22,28H,3H2,1-2H3/b23-21+. The van der Waals surface area contributed by atoms with E-state index in [1.807, 2.05) is 38.1 Å². The number of amides is 1. The van der Waals surface area contributed by atoms with Crippen molar-refractivity contribution in [2.45, 2.75) is 19.9 Å². The summed E-state index contributed by atoms with van der Waals surface area (Å²) in [6.45, 7) is 4.29. The van der Waals surface area contributed by atoms with Crippen molar-refractivity contribution in [3.63, 3.8) is 0 Å². The number of ether oxygens (including phenoxy) is 1. The van der Waals surface area contributed by atoms with Gasteiger partial charge in [-0.2, -0.15) is 0 Å². The Hall–Kier alpha value is -3.93. The number of carbonyl (C=O) groups is 2. The van der Waals surface area contributed by atoms with E-state index in [9.17, 15) is 14.7 Å². The summed E-state index contributed by atoms with van der Waals surface area (Å²) in [5.41, 5.74) is 2.71. The zero-order valence-corrected chi connectivity index (χ0v) is 17.3. The van der Waals surface area contributed by atoms with Gasteiger partial charge in [-0.1, -0.05) is 35.9 Å². The van der Waals surface area contributed by atoms with E-state index in [1.54, 1.807) is 36.4 Å². The molecule has 6 nitrogen and oxygen atoms in total. The zero-order chi connectivity index (χ0) is 22.0. The average molecular weight is 414 g/mol. The van der Waals surface area contributed by atoms with Crippen molar-refractivity contribution in [3.8, 4) is 5.75 Å². The predicted molar refractivity (Wildman–Crippen MR) is 118 cm³/mol. The number of aromatic nitrogens is 1. The monoisotopic (exact) mass is 414 g/mol. The van der Waals surface area contributed by atoms with Gasteiger partial charge in [0.15, 0.2) is 0 Å². The van der Waals surface area contributed by atoms with Gasteiger partial charge in [0.25, 0.3) is 11.7 Å². The number of hydrogen-bond acceptors (Lipinski definition) is 5. The molecule has 1 aliphatic heterocycles. The Bertz CT molecular complexity index is 1170. The summed E-state index contributed by atoms with van der Waals surface area (Å²) in [6, 6.07) is 17.0. The summed E-state index contributed by atoms with van der Waals surface area (Å²) in [5, 5.41) is 11.0. The second-order valence-corrected chi connectivity index (χ2v) is 7.25. The minimum atomic E-state index is -0.773. The van der Waals surface area contributed by atoms with E-state index in [4.69, 9.17) is 4.74 Å². The second-order valence-electron chi connectivity index (χ2n) is 7.25. The van der Waals surface area contributed by atoms with Gasteiger partial charge in [-0.15, -0.1) is 0 Å². The molecule has 0 spiro atoms. The first-order valence-corrected chi connectivity index (χ1v) is 10.0. The van der Waals surface area contributed by atoms with Crippen LogP contribution in [-0.4, -0.2) is 28.4 Å². The van der Waals surface area contributed by atoms with Crippen LogP contribution in [0.15, 0.2) is 78.6 Å². The Morgan fingerprint density at radius 1 is 1.06 bits per heavy atom. The van der Waals surface area contributed by atoms with Crippen molar-refractivity contribution in [1.82, 2.24) is 4.98 Å². The molecule has 1 aromatic heterocycles. The van der Waals surface area contributed by atoms with E-state index in [0.29, 0.717) is 23.6 Å². The molecular weight excluding hydrogens is 392 g/mol. The number of aliphatic hydroxyl groups is 1. The van der Waals surface area contributed by atoms with Crippen molar-refractivity contribution in [1.29, 1.82) is 0 Å². The molecule has 1 N–H and O–H groups in total. The molecule has 2 aromatic carbocycles. The number of aliphatic hydroxyl groups excluding tert-OH is 1. The van der Waals surface area contributed by atoms with Gasteiger partial charge in [0.2, 0.25) is 0 Å². The predicted octanol–water partition coefficient (Wildman–Crippen LogP) is 4.42. The Morgan fingerprint density at radius 2 is 1.81 bits per heavy atom. The maximum absolute atomic E-state index is 13.2. The van der Waals surface area contributed by atoms with Crippen molar-refractivity contribution < 1.29 is 19.4 Å². The fourth-order valence-corrected chi connectivity index (χ4v) is 3.81. The Balaban J connectivity index is 1.93. The van der Waals surface area contributed by atoms with Crippen LogP contribution >= 0.6 is 0 Å². The third-order valence-electron chi connectivity index (χ3n) is 5.16. The fourth-order valence-electron chi connectivity index (χ4n) is 3.81. The Kier molecular flexibility index (Phi) is 5.54. The first-order chi connectivity index (χ1) is 15.0. The van der Waals surface area contributed by atoms with Gasteiger partial charge in [-0.25, -0.2) is 0 Å². The molecule has 0 aliphatic carbocycles. The molecule has 156 valence electrons. The van der Waals surface area contributed by atoms with Gasteiger partial charge in [0, 0.05) is 29.7 Å². The quantitative estimate of drug-likeness (QED) is 0.380. The lowest BCUT2D eigenvalue weighted by atomic mass is 9.94. The summed E-state index contributed by atoms with van der Waals surface area (Å²) in [6.07, 6.45) is 3.05. The first-order valence-electron chi connectivity index (χ1n) is 10.0. The molecule has 0 saturated carbocycles.